The molecule has 0 spiro atoms. The smallest absolute Gasteiger partial charge is 0.193 e. The number of allylic oxidation sites excluding steroid dienone is 2. The summed E-state index contributed by atoms with van der Waals surface area (Å²) in [6.07, 6.45) is 4.31. The molecule has 5 nitrogen and oxygen atoms in total. The summed E-state index contributed by atoms with van der Waals surface area (Å²) in [6, 6.07) is 21.8. The maximum Gasteiger partial charge on any atom is 0.193 e. The van der Waals surface area contributed by atoms with Gasteiger partial charge in [0.25, 0.3) is 0 Å². The summed E-state index contributed by atoms with van der Waals surface area (Å²) >= 11 is 0. The number of hydrogen-bond donors (Lipinski definition) is 0. The van der Waals surface area contributed by atoms with Crippen LogP contribution in [0, 0.1) is 0 Å². The Hall–Kier alpha value is -3.57. The summed E-state index contributed by atoms with van der Waals surface area (Å²) in [5.41, 5.74) is 5.68. The largest absolute Gasteiger partial charge is 0.494 e. The van der Waals surface area contributed by atoms with Gasteiger partial charge in [-0.3, -0.25) is 9.69 Å². The topological polar surface area (TPSA) is 48.0 Å². The molecule has 1 aliphatic carbocycles. The first kappa shape index (κ1) is 27.0. The first-order chi connectivity index (χ1) is 19.0. The number of fused-ring (bicyclic) bond motifs is 1. The number of benzene rings is 3. The van der Waals surface area contributed by atoms with Crippen molar-refractivity contribution in [3.63, 3.8) is 0 Å². The van der Waals surface area contributed by atoms with E-state index in [4.69, 9.17) is 14.2 Å². The van der Waals surface area contributed by atoms with Gasteiger partial charge in [0.05, 0.1) is 12.7 Å². The average Bonchev–Trinajstić information content (AvgIpc) is 3.46. The molecule has 0 amide bonds. The van der Waals surface area contributed by atoms with Crippen molar-refractivity contribution in [2.24, 2.45) is 0 Å². The minimum absolute atomic E-state index is 0.0289. The van der Waals surface area contributed by atoms with Gasteiger partial charge < -0.3 is 14.2 Å². The van der Waals surface area contributed by atoms with Gasteiger partial charge in [-0.15, -0.1) is 0 Å². The third-order valence-electron chi connectivity index (χ3n) is 7.40. The lowest BCUT2D eigenvalue weighted by Crippen LogP contribution is -2.25. The van der Waals surface area contributed by atoms with E-state index in [2.05, 4.69) is 23.1 Å². The molecule has 0 bridgehead atoms. The molecule has 0 N–H and O–H groups in total. The number of nitrogens with zero attached hydrogens (tertiary/aromatic N) is 1. The number of carbonyl (C=O) groups excluding carboxylic acids is 1. The maximum absolute atomic E-state index is 14.1. The van der Waals surface area contributed by atoms with Gasteiger partial charge in [-0.1, -0.05) is 18.2 Å². The van der Waals surface area contributed by atoms with Crippen molar-refractivity contribution in [3.8, 4) is 17.2 Å². The van der Waals surface area contributed by atoms with E-state index in [1.165, 1.54) is 12.8 Å². The molecule has 204 valence electrons. The van der Waals surface area contributed by atoms with Gasteiger partial charge in [0.2, 0.25) is 0 Å². The van der Waals surface area contributed by atoms with Crippen LogP contribution in [0.1, 0.15) is 67.1 Å². The molecule has 1 heterocycles. The molecule has 5 heteroatoms. The Kier molecular flexibility index (Phi) is 8.67. The van der Waals surface area contributed by atoms with E-state index in [-0.39, 0.29) is 11.9 Å². The lowest BCUT2D eigenvalue weighted by atomic mass is 9.79. The number of hydrogen-bond acceptors (Lipinski definition) is 5. The van der Waals surface area contributed by atoms with Crippen molar-refractivity contribution in [2.45, 2.75) is 52.6 Å². The molecule has 0 aromatic heterocycles. The van der Waals surface area contributed by atoms with E-state index in [1.54, 1.807) is 0 Å². The van der Waals surface area contributed by atoms with Crippen LogP contribution in [-0.4, -0.2) is 49.6 Å². The van der Waals surface area contributed by atoms with Crippen molar-refractivity contribution in [2.75, 3.05) is 32.8 Å². The molecule has 0 radical (unpaired) electrons. The minimum atomic E-state index is 0.0289. The molecule has 0 unspecified atom stereocenters. The number of Topliss-reactive ketones (excluding diaryl/α,β-unsaturated/α-hetero) is 1. The number of carbonyl (C=O) groups is 1. The van der Waals surface area contributed by atoms with E-state index in [0.29, 0.717) is 18.8 Å². The van der Waals surface area contributed by atoms with Crippen LogP contribution in [0.4, 0.5) is 0 Å². The van der Waals surface area contributed by atoms with Gasteiger partial charge in [0.1, 0.15) is 23.9 Å². The summed E-state index contributed by atoms with van der Waals surface area (Å²) in [6.45, 7) is 10.6. The third kappa shape index (κ3) is 6.54. The van der Waals surface area contributed by atoms with Crippen LogP contribution in [0.3, 0.4) is 0 Å². The maximum atomic E-state index is 14.1. The Bertz CT molecular complexity index is 1300. The van der Waals surface area contributed by atoms with Crippen molar-refractivity contribution in [3.05, 3.63) is 89.0 Å². The van der Waals surface area contributed by atoms with Crippen LogP contribution in [0.15, 0.2) is 66.7 Å². The normalized spacial score (nSPS) is 15.4. The molecule has 1 fully saturated rings. The van der Waals surface area contributed by atoms with Gasteiger partial charge >= 0.3 is 0 Å². The fourth-order valence-corrected chi connectivity index (χ4v) is 5.53. The van der Waals surface area contributed by atoms with Gasteiger partial charge in [-0.25, -0.2) is 0 Å². The highest BCUT2D eigenvalue weighted by atomic mass is 16.5. The average molecular weight is 526 g/mol. The monoisotopic (exact) mass is 525 g/mol. The zero-order valence-corrected chi connectivity index (χ0v) is 23.4. The number of ether oxygens (including phenoxy) is 3. The quantitative estimate of drug-likeness (QED) is 0.250. The molecule has 1 saturated heterocycles. The van der Waals surface area contributed by atoms with Gasteiger partial charge in [-0.2, -0.15) is 0 Å². The predicted molar refractivity (Wildman–Crippen MR) is 157 cm³/mol. The second-order valence-electron chi connectivity index (χ2n) is 10.5. The van der Waals surface area contributed by atoms with E-state index >= 15 is 0 Å². The SMILES string of the molecule is CCOc1ccc2c(c1)CCC(c1ccc(OC(C)C)cc1)=C2C(=O)c1ccc(OCCN2CCCC2)cc1. The molecule has 1 aliphatic heterocycles. The van der Waals surface area contributed by atoms with Gasteiger partial charge in [0, 0.05) is 17.7 Å². The molecule has 3 aromatic rings. The number of aryl methyl sites for hydroxylation is 1. The molecule has 39 heavy (non-hydrogen) atoms. The summed E-state index contributed by atoms with van der Waals surface area (Å²) in [5, 5.41) is 0. The summed E-state index contributed by atoms with van der Waals surface area (Å²) < 4.78 is 17.6. The second kappa shape index (κ2) is 12.5. The van der Waals surface area contributed by atoms with E-state index in [0.717, 1.165) is 77.6 Å². The van der Waals surface area contributed by atoms with Crippen LogP contribution in [0.2, 0.25) is 0 Å². The van der Waals surface area contributed by atoms with Crippen molar-refractivity contribution < 1.29 is 19.0 Å². The van der Waals surface area contributed by atoms with E-state index in [9.17, 15) is 4.79 Å². The van der Waals surface area contributed by atoms with E-state index < -0.39 is 0 Å². The summed E-state index contributed by atoms with van der Waals surface area (Å²) in [5.74, 6) is 2.50. The highest BCUT2D eigenvalue weighted by Crippen LogP contribution is 2.40. The van der Waals surface area contributed by atoms with Crippen molar-refractivity contribution >= 4 is 16.9 Å². The first-order valence-electron chi connectivity index (χ1n) is 14.3. The zero-order valence-electron chi connectivity index (χ0n) is 23.4. The Morgan fingerprint density at radius 2 is 1.54 bits per heavy atom. The first-order valence-corrected chi connectivity index (χ1v) is 14.3. The Labute approximate surface area is 232 Å². The van der Waals surface area contributed by atoms with Crippen LogP contribution >= 0.6 is 0 Å². The lowest BCUT2D eigenvalue weighted by Gasteiger charge is -2.24. The fourth-order valence-electron chi connectivity index (χ4n) is 5.53. The highest BCUT2D eigenvalue weighted by molar-refractivity contribution is 6.35. The molecule has 0 atom stereocenters. The van der Waals surface area contributed by atoms with Crippen LogP contribution in [0.5, 0.6) is 17.2 Å². The van der Waals surface area contributed by atoms with Gasteiger partial charge in [-0.05, 0) is 130 Å². The Morgan fingerprint density at radius 3 is 2.23 bits per heavy atom. The summed E-state index contributed by atoms with van der Waals surface area (Å²) in [7, 11) is 0. The van der Waals surface area contributed by atoms with Crippen molar-refractivity contribution in [1.29, 1.82) is 0 Å². The van der Waals surface area contributed by atoms with Crippen LogP contribution in [-0.2, 0) is 6.42 Å². The molecule has 3 aromatic carbocycles. The number of rotatable bonds is 11. The Morgan fingerprint density at radius 1 is 0.846 bits per heavy atom. The Balaban J connectivity index is 1.43. The zero-order chi connectivity index (χ0) is 27.2. The summed E-state index contributed by atoms with van der Waals surface area (Å²) in [4.78, 5) is 16.5. The van der Waals surface area contributed by atoms with Crippen molar-refractivity contribution in [1.82, 2.24) is 4.90 Å². The standard InChI is InChI=1S/C34H39NO4/c1-4-37-30-16-18-32-27(23-30)11-17-31(25-7-14-29(15-8-25)39-24(2)3)33(32)34(36)26-9-12-28(13-10-26)38-22-21-35-19-5-6-20-35/h7-10,12-16,18,23-24H,4-6,11,17,19-22H2,1-3H3. The fraction of sp³-hybridized carbons (Fsp3) is 0.382. The molecule has 0 saturated carbocycles. The lowest BCUT2D eigenvalue weighted by molar-refractivity contribution is 0.105. The molecule has 5 rings (SSSR count). The van der Waals surface area contributed by atoms with Gasteiger partial charge in [0.15, 0.2) is 5.78 Å². The second-order valence-corrected chi connectivity index (χ2v) is 10.5. The predicted octanol–water partition coefficient (Wildman–Crippen LogP) is 7.09. The van der Waals surface area contributed by atoms with E-state index in [1.807, 2.05) is 69.3 Å². The molecular weight excluding hydrogens is 486 g/mol. The van der Waals surface area contributed by atoms with Crippen LogP contribution < -0.4 is 14.2 Å². The number of ketones is 1. The molecular formula is C34H39NO4. The third-order valence-corrected chi connectivity index (χ3v) is 7.40. The number of likely N-dealkylation sites (tertiary alicyclic amines) is 1. The minimum Gasteiger partial charge on any atom is -0.494 e. The molecule has 2 aliphatic rings. The highest BCUT2D eigenvalue weighted by Gasteiger charge is 2.27. The van der Waals surface area contributed by atoms with Crippen LogP contribution in [0.25, 0.3) is 11.1 Å².